The van der Waals surface area contributed by atoms with E-state index in [1.54, 1.807) is 23.1 Å². The summed E-state index contributed by atoms with van der Waals surface area (Å²) >= 11 is 6.01. The average Bonchev–Trinajstić information content (AvgIpc) is 2.45. The van der Waals surface area contributed by atoms with Crippen molar-refractivity contribution >= 4 is 17.5 Å². The number of nitrogens with two attached hydrogens (primary N) is 1. The molecule has 0 bridgehead atoms. The van der Waals surface area contributed by atoms with E-state index in [9.17, 15) is 4.79 Å². The lowest BCUT2D eigenvalue weighted by Gasteiger charge is -2.31. The third-order valence-electron chi connectivity index (χ3n) is 3.38. The fourth-order valence-corrected chi connectivity index (χ4v) is 2.54. The van der Waals surface area contributed by atoms with Crippen LogP contribution in [0.5, 0.6) is 5.75 Å². The Morgan fingerprint density at radius 1 is 1.55 bits per heavy atom. The normalized spacial score (nSPS) is 18.9. The molecule has 0 aromatic heterocycles. The van der Waals surface area contributed by atoms with E-state index in [4.69, 9.17) is 22.1 Å². The first-order chi connectivity index (χ1) is 9.61. The molecule has 1 heterocycles. The highest BCUT2D eigenvalue weighted by molar-refractivity contribution is 6.31. The largest absolute Gasteiger partial charge is 0.493 e. The van der Waals surface area contributed by atoms with Crippen LogP contribution in [0.2, 0.25) is 5.02 Å². The lowest BCUT2D eigenvalue weighted by Crippen LogP contribution is -2.45. The summed E-state index contributed by atoms with van der Waals surface area (Å²) in [4.78, 5) is 14.4. The zero-order valence-electron chi connectivity index (χ0n) is 11.8. The summed E-state index contributed by atoms with van der Waals surface area (Å²) in [5.74, 6) is 0.550. The summed E-state index contributed by atoms with van der Waals surface area (Å²) in [5.41, 5.74) is 6.47. The van der Waals surface area contributed by atoms with Gasteiger partial charge in [0, 0.05) is 24.2 Å². The van der Waals surface area contributed by atoms with Crippen molar-refractivity contribution in [3.05, 3.63) is 28.8 Å². The lowest BCUT2D eigenvalue weighted by atomic mass is 10.0. The molecule has 1 fully saturated rings. The van der Waals surface area contributed by atoms with Crippen LogP contribution in [0, 0.1) is 0 Å². The minimum atomic E-state index is -0.0475. The van der Waals surface area contributed by atoms with Gasteiger partial charge in [0.2, 0.25) is 0 Å². The quantitative estimate of drug-likeness (QED) is 0.929. The third kappa shape index (κ3) is 3.64. The minimum absolute atomic E-state index is 0.0475. The SMILES string of the molecule is CCCOc1ccc(Cl)cc1C(=O)N1CCC[C@H](N)C1. The molecule has 1 atom stereocenters. The van der Waals surface area contributed by atoms with E-state index in [0.717, 1.165) is 25.8 Å². The molecule has 2 rings (SSSR count). The van der Waals surface area contributed by atoms with Gasteiger partial charge in [0.25, 0.3) is 5.91 Å². The summed E-state index contributed by atoms with van der Waals surface area (Å²) in [7, 11) is 0. The molecule has 1 amide bonds. The van der Waals surface area contributed by atoms with Gasteiger partial charge in [-0.3, -0.25) is 4.79 Å². The van der Waals surface area contributed by atoms with E-state index in [1.807, 2.05) is 6.92 Å². The summed E-state index contributed by atoms with van der Waals surface area (Å²) < 4.78 is 5.64. The van der Waals surface area contributed by atoms with Gasteiger partial charge in [0.05, 0.1) is 12.2 Å². The van der Waals surface area contributed by atoms with Crippen LogP contribution in [0.15, 0.2) is 18.2 Å². The third-order valence-corrected chi connectivity index (χ3v) is 3.61. The van der Waals surface area contributed by atoms with Crippen LogP contribution in [-0.2, 0) is 0 Å². The number of piperidine rings is 1. The van der Waals surface area contributed by atoms with Gasteiger partial charge in [-0.25, -0.2) is 0 Å². The number of halogens is 1. The first-order valence-electron chi connectivity index (χ1n) is 7.09. The predicted octanol–water partition coefficient (Wildman–Crippen LogP) is 2.69. The maximum absolute atomic E-state index is 12.6. The molecular formula is C15H21ClN2O2. The Morgan fingerprint density at radius 3 is 3.05 bits per heavy atom. The molecule has 1 aliphatic heterocycles. The molecule has 0 aliphatic carbocycles. The molecule has 0 unspecified atom stereocenters. The number of nitrogens with zero attached hydrogens (tertiary/aromatic N) is 1. The van der Waals surface area contributed by atoms with E-state index in [0.29, 0.717) is 29.5 Å². The number of rotatable bonds is 4. The Bertz CT molecular complexity index is 479. The molecule has 0 radical (unpaired) electrons. The standard InChI is InChI=1S/C15H21ClN2O2/c1-2-8-20-14-6-5-11(16)9-13(14)15(19)18-7-3-4-12(17)10-18/h5-6,9,12H,2-4,7-8,10,17H2,1H3/t12-/m0/s1. The molecule has 2 N–H and O–H groups in total. The Kier molecular flexibility index (Phi) is 5.26. The molecule has 110 valence electrons. The Hall–Kier alpha value is -1.26. The maximum Gasteiger partial charge on any atom is 0.257 e. The van der Waals surface area contributed by atoms with Gasteiger partial charge in [-0.2, -0.15) is 0 Å². The minimum Gasteiger partial charge on any atom is -0.493 e. The fourth-order valence-electron chi connectivity index (χ4n) is 2.37. The number of carbonyl (C=O) groups is 1. The van der Waals surface area contributed by atoms with E-state index >= 15 is 0 Å². The van der Waals surface area contributed by atoms with E-state index in [-0.39, 0.29) is 11.9 Å². The van der Waals surface area contributed by atoms with Crippen LogP contribution in [0.1, 0.15) is 36.5 Å². The highest BCUT2D eigenvalue weighted by Gasteiger charge is 2.24. The van der Waals surface area contributed by atoms with Gasteiger partial charge in [-0.15, -0.1) is 0 Å². The number of likely N-dealkylation sites (tertiary alicyclic amines) is 1. The maximum atomic E-state index is 12.6. The molecule has 1 aromatic carbocycles. The monoisotopic (exact) mass is 296 g/mol. The molecule has 20 heavy (non-hydrogen) atoms. The lowest BCUT2D eigenvalue weighted by molar-refractivity contribution is 0.0704. The van der Waals surface area contributed by atoms with E-state index in [1.165, 1.54) is 0 Å². The first kappa shape index (κ1) is 15.1. The predicted molar refractivity (Wildman–Crippen MR) is 80.4 cm³/mol. The van der Waals surface area contributed by atoms with Crippen LogP contribution in [0.3, 0.4) is 0 Å². The summed E-state index contributed by atoms with van der Waals surface area (Å²) in [6.07, 6.45) is 2.81. The molecule has 4 nitrogen and oxygen atoms in total. The van der Waals surface area contributed by atoms with Crippen LogP contribution >= 0.6 is 11.6 Å². The van der Waals surface area contributed by atoms with Crippen LogP contribution in [-0.4, -0.2) is 36.5 Å². The number of benzene rings is 1. The molecule has 5 heteroatoms. The molecule has 0 spiro atoms. The van der Waals surface area contributed by atoms with E-state index < -0.39 is 0 Å². The Balaban J connectivity index is 2.20. The van der Waals surface area contributed by atoms with Gasteiger partial charge < -0.3 is 15.4 Å². The zero-order valence-corrected chi connectivity index (χ0v) is 12.5. The Labute approximate surface area is 124 Å². The van der Waals surface area contributed by atoms with Crippen molar-refractivity contribution in [2.75, 3.05) is 19.7 Å². The van der Waals surface area contributed by atoms with Crippen molar-refractivity contribution in [1.82, 2.24) is 4.90 Å². The summed E-state index contributed by atoms with van der Waals surface area (Å²) in [6.45, 7) is 3.95. The van der Waals surface area contributed by atoms with Crippen LogP contribution in [0.4, 0.5) is 0 Å². The second-order valence-electron chi connectivity index (χ2n) is 5.14. The number of ether oxygens (including phenoxy) is 1. The van der Waals surface area contributed by atoms with Gasteiger partial charge in [-0.1, -0.05) is 18.5 Å². The van der Waals surface area contributed by atoms with Crippen molar-refractivity contribution in [3.63, 3.8) is 0 Å². The average molecular weight is 297 g/mol. The molecule has 1 aliphatic rings. The van der Waals surface area contributed by atoms with Gasteiger partial charge in [0.15, 0.2) is 0 Å². The summed E-state index contributed by atoms with van der Waals surface area (Å²) in [5, 5.41) is 0.540. The van der Waals surface area contributed by atoms with Crippen molar-refractivity contribution in [1.29, 1.82) is 0 Å². The number of hydrogen-bond donors (Lipinski definition) is 1. The number of amides is 1. The molecule has 1 aromatic rings. The fraction of sp³-hybridized carbons (Fsp3) is 0.533. The smallest absolute Gasteiger partial charge is 0.257 e. The topological polar surface area (TPSA) is 55.6 Å². The molecule has 0 saturated carbocycles. The van der Waals surface area contributed by atoms with Gasteiger partial charge >= 0.3 is 0 Å². The van der Waals surface area contributed by atoms with Crippen molar-refractivity contribution < 1.29 is 9.53 Å². The van der Waals surface area contributed by atoms with Crippen LogP contribution < -0.4 is 10.5 Å². The highest BCUT2D eigenvalue weighted by Crippen LogP contribution is 2.25. The number of hydrogen-bond acceptors (Lipinski definition) is 3. The van der Waals surface area contributed by atoms with Crippen molar-refractivity contribution in [2.45, 2.75) is 32.2 Å². The van der Waals surface area contributed by atoms with Crippen molar-refractivity contribution in [2.24, 2.45) is 5.73 Å². The summed E-state index contributed by atoms with van der Waals surface area (Å²) in [6, 6.07) is 5.24. The first-order valence-corrected chi connectivity index (χ1v) is 7.46. The zero-order chi connectivity index (χ0) is 14.5. The van der Waals surface area contributed by atoms with Crippen molar-refractivity contribution in [3.8, 4) is 5.75 Å². The molecular weight excluding hydrogens is 276 g/mol. The molecule has 1 saturated heterocycles. The van der Waals surface area contributed by atoms with Gasteiger partial charge in [0.1, 0.15) is 5.75 Å². The second-order valence-corrected chi connectivity index (χ2v) is 5.58. The Morgan fingerprint density at radius 2 is 2.35 bits per heavy atom. The van der Waals surface area contributed by atoms with Crippen LogP contribution in [0.25, 0.3) is 0 Å². The van der Waals surface area contributed by atoms with E-state index in [2.05, 4.69) is 0 Å². The second kappa shape index (κ2) is 6.95. The number of carbonyl (C=O) groups excluding carboxylic acids is 1. The highest BCUT2D eigenvalue weighted by atomic mass is 35.5. The van der Waals surface area contributed by atoms with Gasteiger partial charge in [-0.05, 0) is 37.5 Å².